The Bertz CT molecular complexity index is 636. The molecule has 0 aliphatic rings. The van der Waals surface area contributed by atoms with Crippen LogP contribution in [0.2, 0.25) is 0 Å². The molecule has 0 aliphatic carbocycles. The minimum absolute atomic E-state index is 0.135. The highest BCUT2D eigenvalue weighted by Gasteiger charge is 2.19. The fourth-order valence-electron chi connectivity index (χ4n) is 2.21. The molecule has 2 rings (SSSR count). The third kappa shape index (κ3) is 3.66. The number of carbonyl (C=O) groups excluding carboxylic acids is 1. The summed E-state index contributed by atoms with van der Waals surface area (Å²) >= 11 is 0. The number of carbonyl (C=O) groups is 1. The summed E-state index contributed by atoms with van der Waals surface area (Å²) in [6, 6.07) is 3.83. The first-order chi connectivity index (χ1) is 10.3. The van der Waals surface area contributed by atoms with E-state index in [0.29, 0.717) is 13.1 Å². The van der Waals surface area contributed by atoms with E-state index in [2.05, 4.69) is 36.2 Å². The number of urea groups is 1. The van der Waals surface area contributed by atoms with Crippen molar-refractivity contribution in [3.63, 3.8) is 0 Å². The van der Waals surface area contributed by atoms with Crippen LogP contribution in [0, 0.1) is 0 Å². The average Bonchev–Trinajstić information content (AvgIpc) is 3.05. The third-order valence-corrected chi connectivity index (χ3v) is 3.45. The van der Waals surface area contributed by atoms with E-state index in [1.54, 1.807) is 11.9 Å². The van der Waals surface area contributed by atoms with Crippen molar-refractivity contribution in [2.24, 2.45) is 7.05 Å². The van der Waals surface area contributed by atoms with Gasteiger partial charge in [-0.05, 0) is 32.9 Å². The molecule has 0 atom stereocenters. The Morgan fingerprint density at radius 2 is 2.14 bits per heavy atom. The molecule has 0 aliphatic heterocycles. The molecule has 0 aromatic carbocycles. The zero-order valence-electron chi connectivity index (χ0n) is 13.9. The molecule has 2 amide bonds. The van der Waals surface area contributed by atoms with Gasteiger partial charge < -0.3 is 14.8 Å². The Kier molecular flexibility index (Phi) is 4.54. The molecule has 0 fully saturated rings. The van der Waals surface area contributed by atoms with E-state index in [4.69, 9.17) is 0 Å². The summed E-state index contributed by atoms with van der Waals surface area (Å²) in [6.07, 6.45) is 3.48. The Labute approximate surface area is 130 Å². The summed E-state index contributed by atoms with van der Waals surface area (Å²) in [5.74, 6) is 0.744. The van der Waals surface area contributed by atoms with Crippen molar-refractivity contribution in [3.05, 3.63) is 36.2 Å². The summed E-state index contributed by atoms with van der Waals surface area (Å²) in [4.78, 5) is 18.0. The van der Waals surface area contributed by atoms with Gasteiger partial charge >= 0.3 is 6.03 Å². The highest BCUT2D eigenvalue weighted by molar-refractivity contribution is 5.73. The number of amides is 2. The van der Waals surface area contributed by atoms with Crippen LogP contribution in [0.5, 0.6) is 0 Å². The molecule has 1 N–H and O–H groups in total. The number of nitrogens with zero attached hydrogens (tertiary/aromatic N) is 5. The number of hydrogen-bond acceptors (Lipinski definition) is 3. The highest BCUT2D eigenvalue weighted by Crippen LogP contribution is 2.13. The molecule has 0 saturated heterocycles. The van der Waals surface area contributed by atoms with Crippen LogP contribution in [0.25, 0.3) is 0 Å². The second-order valence-electron chi connectivity index (χ2n) is 6.38. The van der Waals surface area contributed by atoms with Crippen molar-refractivity contribution in [2.75, 3.05) is 7.05 Å². The molecule has 0 bridgehead atoms. The molecular formula is C15H24N6O. The van der Waals surface area contributed by atoms with Crippen molar-refractivity contribution in [3.8, 4) is 0 Å². The standard InChI is InChI=1S/C15H24N6O/c1-15(2,3)21-13(17-11-18-21)9-16-14(22)20(5)10-12-7-6-8-19(12)4/h6-8,11H,9-10H2,1-5H3,(H,16,22). The largest absolute Gasteiger partial charge is 0.353 e. The summed E-state index contributed by atoms with van der Waals surface area (Å²) in [5, 5.41) is 7.10. The summed E-state index contributed by atoms with van der Waals surface area (Å²) in [6.45, 7) is 7.06. The third-order valence-electron chi connectivity index (χ3n) is 3.45. The van der Waals surface area contributed by atoms with Gasteiger partial charge in [0.2, 0.25) is 0 Å². The van der Waals surface area contributed by atoms with Crippen LogP contribution in [-0.4, -0.2) is 37.3 Å². The van der Waals surface area contributed by atoms with Crippen LogP contribution in [0.3, 0.4) is 0 Å². The van der Waals surface area contributed by atoms with E-state index < -0.39 is 0 Å². The summed E-state index contributed by atoms with van der Waals surface area (Å²) in [5.41, 5.74) is 0.918. The lowest BCUT2D eigenvalue weighted by atomic mass is 10.1. The number of nitrogens with one attached hydrogen (secondary N) is 1. The van der Waals surface area contributed by atoms with Gasteiger partial charge in [-0.2, -0.15) is 5.10 Å². The first kappa shape index (κ1) is 16.1. The van der Waals surface area contributed by atoms with E-state index >= 15 is 0 Å². The van der Waals surface area contributed by atoms with Gasteiger partial charge in [0.25, 0.3) is 0 Å². The molecule has 2 aromatic rings. The molecule has 2 aromatic heterocycles. The van der Waals surface area contributed by atoms with Gasteiger partial charge in [-0.15, -0.1) is 0 Å². The molecule has 2 heterocycles. The van der Waals surface area contributed by atoms with Gasteiger partial charge in [-0.3, -0.25) is 0 Å². The Balaban J connectivity index is 1.93. The Morgan fingerprint density at radius 1 is 1.41 bits per heavy atom. The summed E-state index contributed by atoms with van der Waals surface area (Å²) in [7, 11) is 3.74. The maximum absolute atomic E-state index is 12.2. The maximum Gasteiger partial charge on any atom is 0.317 e. The van der Waals surface area contributed by atoms with Gasteiger partial charge in [0.05, 0.1) is 18.6 Å². The van der Waals surface area contributed by atoms with E-state index in [1.165, 1.54) is 6.33 Å². The van der Waals surface area contributed by atoms with Crippen molar-refractivity contribution >= 4 is 6.03 Å². The molecule has 22 heavy (non-hydrogen) atoms. The molecule has 0 spiro atoms. The Morgan fingerprint density at radius 3 is 2.73 bits per heavy atom. The van der Waals surface area contributed by atoms with Crippen molar-refractivity contribution in [1.29, 1.82) is 0 Å². The number of rotatable bonds is 4. The van der Waals surface area contributed by atoms with Gasteiger partial charge in [0, 0.05) is 26.0 Å². The zero-order valence-corrected chi connectivity index (χ0v) is 13.9. The minimum Gasteiger partial charge on any atom is -0.353 e. The second kappa shape index (κ2) is 6.21. The molecule has 7 nitrogen and oxygen atoms in total. The fraction of sp³-hybridized carbons (Fsp3) is 0.533. The quantitative estimate of drug-likeness (QED) is 0.935. The average molecular weight is 304 g/mol. The molecule has 0 saturated carbocycles. The summed E-state index contributed by atoms with van der Waals surface area (Å²) < 4.78 is 3.82. The lowest BCUT2D eigenvalue weighted by molar-refractivity contribution is 0.204. The lowest BCUT2D eigenvalue weighted by Gasteiger charge is -2.22. The Hall–Kier alpha value is -2.31. The predicted octanol–water partition coefficient (Wildman–Crippen LogP) is 1.71. The molecular weight excluding hydrogens is 280 g/mol. The second-order valence-corrected chi connectivity index (χ2v) is 6.38. The molecule has 7 heteroatoms. The van der Waals surface area contributed by atoms with Crippen LogP contribution in [0.15, 0.2) is 24.7 Å². The zero-order chi connectivity index (χ0) is 16.3. The van der Waals surface area contributed by atoms with Gasteiger partial charge in [-0.25, -0.2) is 14.5 Å². The number of aromatic nitrogens is 4. The van der Waals surface area contributed by atoms with E-state index in [9.17, 15) is 4.79 Å². The molecule has 120 valence electrons. The highest BCUT2D eigenvalue weighted by atomic mass is 16.2. The predicted molar refractivity (Wildman–Crippen MR) is 84.1 cm³/mol. The van der Waals surface area contributed by atoms with Crippen LogP contribution in [0.4, 0.5) is 4.79 Å². The minimum atomic E-state index is -0.161. The fourth-order valence-corrected chi connectivity index (χ4v) is 2.21. The van der Waals surface area contributed by atoms with E-state index in [0.717, 1.165) is 11.5 Å². The number of hydrogen-bond donors (Lipinski definition) is 1. The van der Waals surface area contributed by atoms with Gasteiger partial charge in [0.15, 0.2) is 0 Å². The van der Waals surface area contributed by atoms with E-state index in [1.807, 2.05) is 34.6 Å². The topological polar surface area (TPSA) is 68.0 Å². The SMILES string of the molecule is CN(Cc1cccn1C)C(=O)NCc1ncnn1C(C)(C)C. The van der Waals surface area contributed by atoms with Gasteiger partial charge in [-0.1, -0.05) is 0 Å². The van der Waals surface area contributed by atoms with Crippen molar-refractivity contribution in [2.45, 2.75) is 39.4 Å². The smallest absolute Gasteiger partial charge is 0.317 e. The van der Waals surface area contributed by atoms with Gasteiger partial charge in [0.1, 0.15) is 12.2 Å². The first-order valence-electron chi connectivity index (χ1n) is 7.27. The van der Waals surface area contributed by atoms with Crippen molar-refractivity contribution in [1.82, 2.24) is 29.5 Å². The molecule has 0 unspecified atom stereocenters. The van der Waals surface area contributed by atoms with Crippen LogP contribution >= 0.6 is 0 Å². The van der Waals surface area contributed by atoms with Crippen LogP contribution in [-0.2, 0) is 25.7 Å². The normalized spacial score (nSPS) is 11.5. The monoisotopic (exact) mass is 304 g/mol. The van der Waals surface area contributed by atoms with Crippen molar-refractivity contribution < 1.29 is 4.79 Å². The molecule has 0 radical (unpaired) electrons. The van der Waals surface area contributed by atoms with E-state index in [-0.39, 0.29) is 11.6 Å². The lowest BCUT2D eigenvalue weighted by Crippen LogP contribution is -2.38. The number of aryl methyl sites for hydroxylation is 1. The first-order valence-corrected chi connectivity index (χ1v) is 7.27. The van der Waals surface area contributed by atoms with Crippen LogP contribution < -0.4 is 5.32 Å². The maximum atomic E-state index is 12.2. The van der Waals surface area contributed by atoms with Crippen LogP contribution in [0.1, 0.15) is 32.3 Å².